The van der Waals surface area contributed by atoms with E-state index in [2.05, 4.69) is 15.1 Å². The first-order chi connectivity index (χ1) is 15.8. The van der Waals surface area contributed by atoms with E-state index in [9.17, 15) is 8.42 Å². The molecule has 0 atom stereocenters. The van der Waals surface area contributed by atoms with Gasteiger partial charge in [0.25, 0.3) is 0 Å². The fourth-order valence-electron chi connectivity index (χ4n) is 3.43. The van der Waals surface area contributed by atoms with Crippen molar-refractivity contribution in [3.05, 3.63) is 88.4 Å². The second-order valence-corrected chi connectivity index (χ2v) is 9.93. The molecule has 2 aromatic heterocycles. The lowest BCUT2D eigenvalue weighted by Gasteiger charge is -2.05. The molecule has 7 nitrogen and oxygen atoms in total. The van der Waals surface area contributed by atoms with E-state index in [4.69, 9.17) is 28.9 Å². The summed E-state index contributed by atoms with van der Waals surface area (Å²) in [7, 11) is -4.08. The van der Waals surface area contributed by atoms with Crippen molar-refractivity contribution >= 4 is 67.3 Å². The molecule has 0 saturated carbocycles. The Labute approximate surface area is 199 Å². The standard InChI is InChI=1S/C23H15Cl2N5O2S/c24-15-10-8-14(9-11-15)13-27-30-22(26)21(33(31,32)17-5-3-4-16(25)12-17)20-23(30)29-19-7-2-1-6-18(19)28-20/h1-13H,26H2/b27-13-. The Bertz CT molecular complexity index is 1660. The highest BCUT2D eigenvalue weighted by Gasteiger charge is 2.30. The van der Waals surface area contributed by atoms with Gasteiger partial charge in [0.1, 0.15) is 16.2 Å². The number of fused-ring (bicyclic) bond motifs is 2. The zero-order valence-electron chi connectivity index (χ0n) is 16.9. The molecule has 2 N–H and O–H groups in total. The summed E-state index contributed by atoms with van der Waals surface area (Å²) >= 11 is 12.0. The fourth-order valence-corrected chi connectivity index (χ4v) is 5.34. The third-order valence-corrected chi connectivity index (χ3v) is 7.30. The molecular formula is C23H15Cl2N5O2S. The maximum atomic E-state index is 13.6. The Kier molecular flexibility index (Phi) is 5.28. The topological polar surface area (TPSA) is 103 Å². The largest absolute Gasteiger partial charge is 0.382 e. The van der Waals surface area contributed by atoms with Crippen molar-refractivity contribution in [1.82, 2.24) is 14.6 Å². The van der Waals surface area contributed by atoms with Crippen molar-refractivity contribution in [2.24, 2.45) is 5.10 Å². The van der Waals surface area contributed by atoms with Crippen LogP contribution >= 0.6 is 23.2 Å². The van der Waals surface area contributed by atoms with Gasteiger partial charge in [-0.25, -0.2) is 18.4 Å². The van der Waals surface area contributed by atoms with E-state index in [-0.39, 0.29) is 31.8 Å². The molecule has 3 aromatic carbocycles. The Balaban J connectivity index is 1.79. The second kappa shape index (κ2) is 8.15. The summed E-state index contributed by atoms with van der Waals surface area (Å²) in [4.78, 5) is 9.00. The number of hydrogen-bond acceptors (Lipinski definition) is 6. The predicted octanol–water partition coefficient (Wildman–Crippen LogP) is 5.19. The number of aromatic nitrogens is 3. The molecule has 33 heavy (non-hydrogen) atoms. The van der Waals surface area contributed by atoms with Crippen molar-refractivity contribution in [1.29, 1.82) is 0 Å². The van der Waals surface area contributed by atoms with E-state index in [0.29, 0.717) is 16.1 Å². The molecule has 0 radical (unpaired) electrons. The zero-order valence-corrected chi connectivity index (χ0v) is 19.2. The minimum Gasteiger partial charge on any atom is -0.382 e. The van der Waals surface area contributed by atoms with Gasteiger partial charge in [0, 0.05) is 10.0 Å². The van der Waals surface area contributed by atoms with E-state index in [0.717, 1.165) is 5.56 Å². The van der Waals surface area contributed by atoms with Gasteiger partial charge in [-0.05, 0) is 48.0 Å². The number of sulfone groups is 1. The lowest BCUT2D eigenvalue weighted by Crippen LogP contribution is -2.06. The van der Waals surface area contributed by atoms with Crippen molar-refractivity contribution in [3.8, 4) is 0 Å². The third kappa shape index (κ3) is 3.82. The minimum atomic E-state index is -4.08. The number of halogens is 2. The van der Waals surface area contributed by atoms with Gasteiger partial charge in [-0.3, -0.25) is 0 Å². The van der Waals surface area contributed by atoms with Crippen LogP contribution in [0.4, 0.5) is 5.82 Å². The van der Waals surface area contributed by atoms with Crippen LogP contribution < -0.4 is 5.73 Å². The monoisotopic (exact) mass is 495 g/mol. The highest BCUT2D eigenvalue weighted by atomic mass is 35.5. The number of benzene rings is 3. The third-order valence-electron chi connectivity index (χ3n) is 5.00. The number of nitrogen functional groups attached to an aromatic ring is 1. The van der Waals surface area contributed by atoms with Crippen LogP contribution in [-0.2, 0) is 9.84 Å². The molecule has 2 heterocycles. The molecule has 0 amide bonds. The van der Waals surface area contributed by atoms with E-state index in [1.807, 2.05) is 6.07 Å². The number of rotatable bonds is 4. The SMILES string of the molecule is Nc1c(S(=O)(=O)c2cccc(Cl)c2)c2nc3ccccc3nc2n1/N=C\c1ccc(Cl)cc1. The lowest BCUT2D eigenvalue weighted by molar-refractivity contribution is 0.597. The van der Waals surface area contributed by atoms with Crippen LogP contribution in [0.25, 0.3) is 22.2 Å². The van der Waals surface area contributed by atoms with Crippen LogP contribution in [0.5, 0.6) is 0 Å². The molecule has 0 aliphatic rings. The van der Waals surface area contributed by atoms with Gasteiger partial charge >= 0.3 is 0 Å². The Hall–Kier alpha value is -3.46. The molecule has 164 valence electrons. The van der Waals surface area contributed by atoms with Crippen LogP contribution in [0.1, 0.15) is 5.56 Å². The first-order valence-corrected chi connectivity index (χ1v) is 12.0. The predicted molar refractivity (Wildman–Crippen MR) is 131 cm³/mol. The molecular weight excluding hydrogens is 481 g/mol. The van der Waals surface area contributed by atoms with Crippen molar-refractivity contribution in [3.63, 3.8) is 0 Å². The highest BCUT2D eigenvalue weighted by molar-refractivity contribution is 7.92. The maximum absolute atomic E-state index is 13.6. The fraction of sp³-hybridized carbons (Fsp3) is 0. The molecule has 0 aliphatic carbocycles. The van der Waals surface area contributed by atoms with E-state index < -0.39 is 9.84 Å². The summed E-state index contributed by atoms with van der Waals surface area (Å²) < 4.78 is 28.5. The summed E-state index contributed by atoms with van der Waals surface area (Å²) in [6, 6.07) is 20.1. The summed E-state index contributed by atoms with van der Waals surface area (Å²) in [5.74, 6) is -0.106. The van der Waals surface area contributed by atoms with E-state index in [1.54, 1.807) is 60.8 Å². The Morgan fingerprint density at radius 1 is 0.879 bits per heavy atom. The molecule has 0 aliphatic heterocycles. The smallest absolute Gasteiger partial charge is 0.212 e. The molecule has 0 spiro atoms. The molecule has 0 saturated heterocycles. The highest BCUT2D eigenvalue weighted by Crippen LogP contribution is 2.35. The molecule has 0 unspecified atom stereocenters. The van der Waals surface area contributed by atoms with Gasteiger partial charge in [-0.15, -0.1) is 0 Å². The van der Waals surface area contributed by atoms with Gasteiger partial charge < -0.3 is 5.73 Å². The van der Waals surface area contributed by atoms with Crippen LogP contribution in [0.15, 0.2) is 87.7 Å². The Morgan fingerprint density at radius 2 is 1.58 bits per heavy atom. The normalized spacial score (nSPS) is 12.2. The number of nitrogens with zero attached hydrogens (tertiary/aromatic N) is 4. The summed E-state index contributed by atoms with van der Waals surface area (Å²) in [6.07, 6.45) is 1.54. The zero-order chi connectivity index (χ0) is 23.2. The second-order valence-electron chi connectivity index (χ2n) is 7.17. The van der Waals surface area contributed by atoms with Crippen molar-refractivity contribution < 1.29 is 8.42 Å². The van der Waals surface area contributed by atoms with E-state index >= 15 is 0 Å². The molecule has 10 heteroatoms. The van der Waals surface area contributed by atoms with Crippen LogP contribution in [0.2, 0.25) is 10.0 Å². The number of anilines is 1. The van der Waals surface area contributed by atoms with Gasteiger partial charge in [0.05, 0.1) is 22.1 Å². The minimum absolute atomic E-state index is 0.00242. The number of para-hydroxylation sites is 2. The molecule has 0 fully saturated rings. The van der Waals surface area contributed by atoms with Crippen molar-refractivity contribution in [2.45, 2.75) is 9.79 Å². The summed E-state index contributed by atoms with van der Waals surface area (Å²) in [6.45, 7) is 0. The van der Waals surface area contributed by atoms with Crippen LogP contribution in [0, 0.1) is 0 Å². The summed E-state index contributed by atoms with van der Waals surface area (Å²) in [5, 5.41) is 5.29. The molecule has 0 bridgehead atoms. The van der Waals surface area contributed by atoms with Crippen molar-refractivity contribution in [2.75, 3.05) is 5.73 Å². The van der Waals surface area contributed by atoms with Crippen LogP contribution in [0.3, 0.4) is 0 Å². The number of nitrogens with two attached hydrogens (primary N) is 1. The van der Waals surface area contributed by atoms with E-state index in [1.165, 1.54) is 16.8 Å². The Morgan fingerprint density at radius 3 is 2.27 bits per heavy atom. The molecule has 5 aromatic rings. The first-order valence-electron chi connectivity index (χ1n) is 9.72. The average molecular weight is 496 g/mol. The van der Waals surface area contributed by atoms with Crippen LogP contribution in [-0.4, -0.2) is 29.3 Å². The summed E-state index contributed by atoms with van der Waals surface area (Å²) in [5.41, 5.74) is 8.57. The quantitative estimate of drug-likeness (QED) is 0.345. The number of hydrogen-bond donors (Lipinski definition) is 1. The molecule has 5 rings (SSSR count). The van der Waals surface area contributed by atoms with Gasteiger partial charge in [0.15, 0.2) is 5.65 Å². The average Bonchev–Trinajstić information content (AvgIpc) is 3.08. The maximum Gasteiger partial charge on any atom is 0.212 e. The van der Waals surface area contributed by atoms with Gasteiger partial charge in [0.2, 0.25) is 9.84 Å². The van der Waals surface area contributed by atoms with Gasteiger partial charge in [-0.1, -0.05) is 53.5 Å². The first kappa shape index (κ1) is 21.4. The van der Waals surface area contributed by atoms with Gasteiger partial charge in [-0.2, -0.15) is 9.78 Å². The lowest BCUT2D eigenvalue weighted by atomic mass is 10.2.